The maximum Gasteiger partial charge on any atom is 0.178 e. The number of nitrogens with zero attached hydrogens (tertiary/aromatic N) is 1. The highest BCUT2D eigenvalue weighted by Gasteiger charge is 1.96. The second-order valence-electron chi connectivity index (χ2n) is 1.75. The van der Waals surface area contributed by atoms with Crippen LogP contribution in [0.25, 0.3) is 0 Å². The molecule has 1 N–H and O–H groups in total. The number of hydrogen-bond donors (Lipinski definition) is 1. The summed E-state index contributed by atoms with van der Waals surface area (Å²) in [6.45, 7) is 0. The van der Waals surface area contributed by atoms with Crippen molar-refractivity contribution in [3.05, 3.63) is 24.3 Å². The zero-order valence-electron chi connectivity index (χ0n) is 5.24. The molecule has 0 spiro atoms. The van der Waals surface area contributed by atoms with E-state index in [0.717, 1.165) is 6.34 Å². The van der Waals surface area contributed by atoms with Gasteiger partial charge in [0.2, 0.25) is 0 Å². The Hall–Kier alpha value is -1.51. The van der Waals surface area contributed by atoms with Gasteiger partial charge in [-0.2, -0.15) is 0 Å². The van der Waals surface area contributed by atoms with Crippen molar-refractivity contribution in [1.82, 2.24) is 0 Å². The van der Waals surface area contributed by atoms with Crippen LogP contribution >= 0.6 is 0 Å². The highest BCUT2D eigenvalue weighted by Crippen LogP contribution is 1.93. The Kier molecular flexibility index (Phi) is 1.89. The van der Waals surface area contributed by atoms with Gasteiger partial charge in [-0.1, -0.05) is 0 Å². The van der Waals surface area contributed by atoms with Gasteiger partial charge in [0, 0.05) is 0 Å². The molecular formula is C7H6N2O. The van der Waals surface area contributed by atoms with Crippen LogP contribution in [0.4, 0.5) is 0 Å². The third-order valence-corrected chi connectivity index (χ3v) is 1.05. The molecular weight excluding hydrogens is 128 g/mol. The van der Waals surface area contributed by atoms with E-state index in [2.05, 4.69) is 4.99 Å². The Morgan fingerprint density at radius 1 is 1.30 bits per heavy atom. The Morgan fingerprint density at radius 3 is 2.40 bits per heavy atom. The monoisotopic (exact) mass is 134 g/mol. The molecule has 3 heteroatoms. The fraction of sp³-hybridized carbons (Fsp3) is 0. The van der Waals surface area contributed by atoms with Crippen molar-refractivity contribution in [3.8, 4) is 0 Å². The lowest BCUT2D eigenvalue weighted by Gasteiger charge is -1.93. The van der Waals surface area contributed by atoms with Gasteiger partial charge in [0.05, 0.1) is 5.71 Å². The maximum atomic E-state index is 10.5. The first-order chi connectivity index (χ1) is 4.83. The van der Waals surface area contributed by atoms with Gasteiger partial charge in [-0.05, 0) is 24.3 Å². The molecule has 0 saturated heterocycles. The molecule has 0 radical (unpaired) electrons. The van der Waals surface area contributed by atoms with Gasteiger partial charge in [0.25, 0.3) is 0 Å². The van der Waals surface area contributed by atoms with Crippen molar-refractivity contribution in [2.45, 2.75) is 0 Å². The predicted molar refractivity (Wildman–Crippen MR) is 39.5 cm³/mol. The number of allylic oxidation sites excluding steroid dienone is 4. The zero-order valence-corrected chi connectivity index (χ0v) is 5.24. The molecule has 0 saturated carbocycles. The fourth-order valence-corrected chi connectivity index (χ4v) is 0.607. The van der Waals surface area contributed by atoms with Crippen LogP contribution in [0, 0.1) is 5.41 Å². The maximum absolute atomic E-state index is 10.5. The predicted octanol–water partition coefficient (Wildman–Crippen LogP) is 0.730. The van der Waals surface area contributed by atoms with Gasteiger partial charge in [0.1, 0.15) is 6.34 Å². The number of hydrogen-bond acceptors (Lipinski definition) is 2. The summed E-state index contributed by atoms with van der Waals surface area (Å²) in [4.78, 5) is 14.2. The molecule has 0 aromatic rings. The van der Waals surface area contributed by atoms with E-state index in [0.29, 0.717) is 5.71 Å². The SMILES string of the molecule is N=CN=C1C=CC(=O)C=C1. The Bertz CT molecular complexity index is 230. The minimum atomic E-state index is -0.0380. The van der Waals surface area contributed by atoms with E-state index < -0.39 is 0 Å². The summed E-state index contributed by atoms with van der Waals surface area (Å²) in [6.07, 6.45) is 6.94. The molecule has 0 fully saturated rings. The molecule has 0 aromatic heterocycles. The first kappa shape index (κ1) is 6.61. The van der Waals surface area contributed by atoms with Gasteiger partial charge < -0.3 is 0 Å². The van der Waals surface area contributed by atoms with Crippen molar-refractivity contribution in [1.29, 1.82) is 5.41 Å². The van der Waals surface area contributed by atoms with E-state index in [1.54, 1.807) is 12.2 Å². The normalized spacial score (nSPS) is 15.6. The first-order valence-electron chi connectivity index (χ1n) is 2.80. The molecule has 10 heavy (non-hydrogen) atoms. The Morgan fingerprint density at radius 2 is 1.90 bits per heavy atom. The minimum absolute atomic E-state index is 0.0380. The van der Waals surface area contributed by atoms with E-state index in [4.69, 9.17) is 5.41 Å². The van der Waals surface area contributed by atoms with E-state index in [9.17, 15) is 4.79 Å². The fourth-order valence-electron chi connectivity index (χ4n) is 0.607. The standard InChI is InChI=1S/C7H6N2O/c8-5-9-6-1-3-7(10)4-2-6/h1-5,8H. The summed E-state index contributed by atoms with van der Waals surface area (Å²) >= 11 is 0. The summed E-state index contributed by atoms with van der Waals surface area (Å²) in [5, 5.41) is 6.62. The molecule has 0 heterocycles. The number of ketones is 1. The molecule has 1 aliphatic carbocycles. The van der Waals surface area contributed by atoms with Crippen molar-refractivity contribution < 1.29 is 4.79 Å². The van der Waals surface area contributed by atoms with Crippen LogP contribution in [0.1, 0.15) is 0 Å². The lowest BCUT2D eigenvalue weighted by atomic mass is 10.2. The first-order valence-corrected chi connectivity index (χ1v) is 2.80. The number of carbonyl (C=O) groups excluding carboxylic acids is 1. The Balaban J connectivity index is 2.80. The third-order valence-electron chi connectivity index (χ3n) is 1.05. The van der Waals surface area contributed by atoms with Crippen LogP contribution in [0.3, 0.4) is 0 Å². The summed E-state index contributed by atoms with van der Waals surface area (Å²) < 4.78 is 0. The second kappa shape index (κ2) is 2.87. The lowest BCUT2D eigenvalue weighted by Crippen LogP contribution is -1.98. The largest absolute Gasteiger partial charge is 0.290 e. The van der Waals surface area contributed by atoms with Crippen molar-refractivity contribution >= 4 is 17.8 Å². The van der Waals surface area contributed by atoms with Crippen molar-refractivity contribution in [2.24, 2.45) is 4.99 Å². The summed E-state index contributed by atoms with van der Waals surface area (Å²) in [7, 11) is 0. The molecule has 0 unspecified atom stereocenters. The molecule has 0 aliphatic heterocycles. The van der Waals surface area contributed by atoms with E-state index >= 15 is 0 Å². The highest BCUT2D eigenvalue weighted by atomic mass is 16.1. The van der Waals surface area contributed by atoms with Crippen molar-refractivity contribution in [2.75, 3.05) is 0 Å². The number of nitrogens with one attached hydrogen (secondary N) is 1. The molecule has 0 atom stereocenters. The van der Waals surface area contributed by atoms with Crippen LogP contribution in [0.5, 0.6) is 0 Å². The molecule has 1 aliphatic rings. The number of carbonyl (C=O) groups is 1. The summed E-state index contributed by atoms with van der Waals surface area (Å²) in [5.41, 5.74) is 0.634. The van der Waals surface area contributed by atoms with E-state index in [-0.39, 0.29) is 5.78 Å². The molecule has 50 valence electrons. The van der Waals surface area contributed by atoms with Crippen LogP contribution in [0.15, 0.2) is 29.3 Å². The van der Waals surface area contributed by atoms with E-state index in [1.165, 1.54) is 12.2 Å². The topological polar surface area (TPSA) is 53.3 Å². The molecule has 0 bridgehead atoms. The van der Waals surface area contributed by atoms with Crippen LogP contribution < -0.4 is 0 Å². The zero-order chi connectivity index (χ0) is 7.40. The quantitative estimate of drug-likeness (QED) is 0.321. The minimum Gasteiger partial charge on any atom is -0.290 e. The van der Waals surface area contributed by atoms with Crippen LogP contribution in [-0.2, 0) is 4.79 Å². The lowest BCUT2D eigenvalue weighted by molar-refractivity contribution is -0.110. The van der Waals surface area contributed by atoms with Crippen LogP contribution in [0.2, 0.25) is 0 Å². The van der Waals surface area contributed by atoms with Crippen molar-refractivity contribution in [3.63, 3.8) is 0 Å². The average Bonchev–Trinajstić information content (AvgIpc) is 1.95. The molecule has 1 rings (SSSR count). The number of aliphatic imine (C=N–C) groups is 1. The highest BCUT2D eigenvalue weighted by molar-refractivity contribution is 6.17. The van der Waals surface area contributed by atoms with Gasteiger partial charge in [-0.3, -0.25) is 10.2 Å². The molecule has 0 aromatic carbocycles. The Labute approximate surface area is 58.3 Å². The van der Waals surface area contributed by atoms with E-state index in [1.807, 2.05) is 0 Å². The van der Waals surface area contributed by atoms with Gasteiger partial charge in [-0.15, -0.1) is 0 Å². The number of rotatable bonds is 1. The third kappa shape index (κ3) is 1.48. The van der Waals surface area contributed by atoms with Crippen LogP contribution in [-0.4, -0.2) is 17.8 Å². The van der Waals surface area contributed by atoms with Gasteiger partial charge in [-0.25, -0.2) is 4.99 Å². The average molecular weight is 134 g/mol. The van der Waals surface area contributed by atoms with Gasteiger partial charge in [0.15, 0.2) is 5.78 Å². The summed E-state index contributed by atoms with van der Waals surface area (Å²) in [5.74, 6) is -0.0380. The second-order valence-corrected chi connectivity index (χ2v) is 1.75. The molecule has 0 amide bonds. The molecule has 3 nitrogen and oxygen atoms in total. The smallest absolute Gasteiger partial charge is 0.178 e. The summed E-state index contributed by atoms with van der Waals surface area (Å²) in [6, 6.07) is 0. The van der Waals surface area contributed by atoms with Gasteiger partial charge >= 0.3 is 0 Å².